The Hall–Kier alpha value is -2.14. The molecule has 1 aliphatic carbocycles. The third-order valence-corrected chi connectivity index (χ3v) is 4.82. The van der Waals surface area contributed by atoms with Crippen LogP contribution in [0.2, 0.25) is 5.02 Å². The number of benzene rings is 1. The van der Waals surface area contributed by atoms with Gasteiger partial charge in [-0.3, -0.25) is 4.79 Å². The highest BCUT2D eigenvalue weighted by Gasteiger charge is 2.15. The van der Waals surface area contributed by atoms with Gasteiger partial charge in [0.2, 0.25) is 5.95 Å². The molecule has 0 unspecified atom stereocenters. The van der Waals surface area contributed by atoms with Crippen molar-refractivity contribution in [2.24, 2.45) is 0 Å². The lowest BCUT2D eigenvalue weighted by atomic mass is 9.96. The summed E-state index contributed by atoms with van der Waals surface area (Å²) in [5.74, 6) is 0.311. The lowest BCUT2D eigenvalue weighted by Crippen LogP contribution is -2.23. The van der Waals surface area contributed by atoms with Crippen LogP contribution in [0.4, 0.5) is 11.6 Å². The van der Waals surface area contributed by atoms with Crippen molar-refractivity contribution >= 4 is 29.1 Å². The van der Waals surface area contributed by atoms with Crippen molar-refractivity contribution in [1.29, 1.82) is 0 Å². The van der Waals surface area contributed by atoms with Gasteiger partial charge in [-0.15, -0.1) is 0 Å². The summed E-state index contributed by atoms with van der Waals surface area (Å²) in [5.41, 5.74) is 3.02. The van der Waals surface area contributed by atoms with E-state index < -0.39 is 0 Å². The first kappa shape index (κ1) is 17.7. The minimum atomic E-state index is -0.266. The molecule has 1 fully saturated rings. The second-order valence-corrected chi connectivity index (χ2v) is 7.07. The standard InChI is InChI=1S/C19H23ClN4O/c1-12-8-13(2)17(16(20)9-12)24-18(25)14-10-21-19(22-11-14)23-15-6-4-3-5-7-15/h8-11,15H,3-7H2,1-2H3,(H,24,25)(H,21,22,23). The van der Waals surface area contributed by atoms with Gasteiger partial charge in [0, 0.05) is 18.4 Å². The Labute approximate surface area is 153 Å². The van der Waals surface area contributed by atoms with E-state index >= 15 is 0 Å². The van der Waals surface area contributed by atoms with Crippen LogP contribution in [0.3, 0.4) is 0 Å². The number of nitrogens with one attached hydrogen (secondary N) is 2. The van der Waals surface area contributed by atoms with Gasteiger partial charge in [-0.25, -0.2) is 9.97 Å². The average molecular weight is 359 g/mol. The molecule has 0 aliphatic heterocycles. The fraction of sp³-hybridized carbons (Fsp3) is 0.421. The molecule has 1 aromatic carbocycles. The van der Waals surface area contributed by atoms with Gasteiger partial charge in [0.05, 0.1) is 16.3 Å². The molecule has 3 rings (SSSR count). The van der Waals surface area contributed by atoms with E-state index in [-0.39, 0.29) is 5.91 Å². The van der Waals surface area contributed by atoms with Gasteiger partial charge in [-0.05, 0) is 43.9 Å². The number of halogens is 1. The van der Waals surface area contributed by atoms with E-state index in [2.05, 4.69) is 20.6 Å². The van der Waals surface area contributed by atoms with Gasteiger partial charge in [0.1, 0.15) is 0 Å². The highest BCUT2D eigenvalue weighted by molar-refractivity contribution is 6.34. The fourth-order valence-corrected chi connectivity index (χ4v) is 3.58. The van der Waals surface area contributed by atoms with Crippen molar-refractivity contribution in [2.45, 2.75) is 52.0 Å². The highest BCUT2D eigenvalue weighted by atomic mass is 35.5. The first-order valence-electron chi connectivity index (χ1n) is 8.69. The fourth-order valence-electron chi connectivity index (χ4n) is 3.21. The van der Waals surface area contributed by atoms with E-state index in [0.717, 1.165) is 24.0 Å². The van der Waals surface area contributed by atoms with Crippen LogP contribution < -0.4 is 10.6 Å². The maximum atomic E-state index is 12.4. The summed E-state index contributed by atoms with van der Waals surface area (Å²) in [4.78, 5) is 21.0. The van der Waals surface area contributed by atoms with E-state index in [9.17, 15) is 4.79 Å². The van der Waals surface area contributed by atoms with Crippen molar-refractivity contribution in [2.75, 3.05) is 10.6 Å². The molecular formula is C19H23ClN4O. The number of carbonyl (C=O) groups is 1. The summed E-state index contributed by atoms with van der Waals surface area (Å²) in [7, 11) is 0. The number of rotatable bonds is 4. The van der Waals surface area contributed by atoms with Crippen LogP contribution in [0.25, 0.3) is 0 Å². The molecule has 0 saturated heterocycles. The van der Waals surface area contributed by atoms with E-state index in [1.807, 2.05) is 26.0 Å². The zero-order valence-corrected chi connectivity index (χ0v) is 15.4. The largest absolute Gasteiger partial charge is 0.351 e. The number of hydrogen-bond acceptors (Lipinski definition) is 4. The Morgan fingerprint density at radius 2 is 1.80 bits per heavy atom. The predicted molar refractivity (Wildman–Crippen MR) is 101 cm³/mol. The normalized spacial score (nSPS) is 15.0. The molecule has 1 aliphatic rings. The van der Waals surface area contributed by atoms with E-state index in [1.165, 1.54) is 19.3 Å². The lowest BCUT2D eigenvalue weighted by Gasteiger charge is -2.22. The molecule has 0 radical (unpaired) electrons. The van der Waals surface area contributed by atoms with Gasteiger partial charge >= 0.3 is 0 Å². The van der Waals surface area contributed by atoms with Crippen LogP contribution in [-0.4, -0.2) is 21.9 Å². The molecule has 132 valence electrons. The molecule has 0 bridgehead atoms. The van der Waals surface area contributed by atoms with Gasteiger partial charge in [-0.1, -0.05) is 36.9 Å². The molecule has 0 atom stereocenters. The van der Waals surface area contributed by atoms with E-state index in [0.29, 0.717) is 28.3 Å². The number of anilines is 2. The maximum Gasteiger partial charge on any atom is 0.258 e. The van der Waals surface area contributed by atoms with Crippen LogP contribution in [0.5, 0.6) is 0 Å². The molecule has 1 aromatic heterocycles. The Balaban J connectivity index is 1.66. The summed E-state index contributed by atoms with van der Waals surface area (Å²) < 4.78 is 0. The third-order valence-electron chi connectivity index (χ3n) is 4.52. The zero-order valence-electron chi connectivity index (χ0n) is 14.6. The minimum Gasteiger partial charge on any atom is -0.351 e. The number of nitrogens with zero attached hydrogens (tertiary/aromatic N) is 2. The third kappa shape index (κ3) is 4.48. The Kier molecular flexibility index (Phi) is 5.53. The summed E-state index contributed by atoms with van der Waals surface area (Å²) >= 11 is 6.24. The maximum absolute atomic E-state index is 12.4. The van der Waals surface area contributed by atoms with Crippen molar-refractivity contribution in [3.05, 3.63) is 46.2 Å². The summed E-state index contributed by atoms with van der Waals surface area (Å²) in [6.45, 7) is 3.89. The molecule has 0 spiro atoms. The number of carbonyl (C=O) groups excluding carboxylic acids is 1. The first-order chi connectivity index (χ1) is 12.0. The predicted octanol–water partition coefficient (Wildman–Crippen LogP) is 4.74. The summed E-state index contributed by atoms with van der Waals surface area (Å²) in [6.07, 6.45) is 9.19. The van der Waals surface area contributed by atoms with Crippen molar-refractivity contribution in [3.63, 3.8) is 0 Å². The van der Waals surface area contributed by atoms with Gasteiger partial charge in [0.15, 0.2) is 0 Å². The highest BCUT2D eigenvalue weighted by Crippen LogP contribution is 2.27. The molecule has 1 saturated carbocycles. The van der Waals surface area contributed by atoms with Crippen LogP contribution >= 0.6 is 11.6 Å². The van der Waals surface area contributed by atoms with Crippen LogP contribution in [-0.2, 0) is 0 Å². The number of hydrogen-bond donors (Lipinski definition) is 2. The molecule has 2 aromatic rings. The van der Waals surface area contributed by atoms with Crippen molar-refractivity contribution in [1.82, 2.24) is 9.97 Å². The second-order valence-electron chi connectivity index (χ2n) is 6.67. The van der Waals surface area contributed by atoms with Gasteiger partial charge < -0.3 is 10.6 Å². The lowest BCUT2D eigenvalue weighted by molar-refractivity contribution is 0.102. The molecular weight excluding hydrogens is 336 g/mol. The summed E-state index contributed by atoms with van der Waals surface area (Å²) in [6, 6.07) is 4.25. The molecule has 6 heteroatoms. The second kappa shape index (κ2) is 7.83. The quantitative estimate of drug-likeness (QED) is 0.828. The smallest absolute Gasteiger partial charge is 0.258 e. The topological polar surface area (TPSA) is 66.9 Å². The molecule has 5 nitrogen and oxygen atoms in total. The molecule has 25 heavy (non-hydrogen) atoms. The number of aryl methyl sites for hydroxylation is 2. The van der Waals surface area contributed by atoms with E-state index in [1.54, 1.807) is 12.4 Å². The minimum absolute atomic E-state index is 0.266. The Bertz CT molecular complexity index is 732. The van der Waals surface area contributed by atoms with Crippen molar-refractivity contribution in [3.8, 4) is 0 Å². The number of amides is 1. The molecule has 1 amide bonds. The first-order valence-corrected chi connectivity index (χ1v) is 9.07. The average Bonchev–Trinajstić information content (AvgIpc) is 2.59. The molecule has 2 N–H and O–H groups in total. The SMILES string of the molecule is Cc1cc(C)c(NC(=O)c2cnc(NC3CCCCC3)nc2)c(Cl)c1. The van der Waals surface area contributed by atoms with Crippen LogP contribution in [0.15, 0.2) is 24.5 Å². The Morgan fingerprint density at radius 3 is 2.44 bits per heavy atom. The summed E-state index contributed by atoms with van der Waals surface area (Å²) in [5, 5.41) is 6.73. The zero-order chi connectivity index (χ0) is 17.8. The van der Waals surface area contributed by atoms with Gasteiger partial charge in [0.25, 0.3) is 5.91 Å². The number of aromatic nitrogens is 2. The monoisotopic (exact) mass is 358 g/mol. The van der Waals surface area contributed by atoms with Crippen LogP contribution in [0, 0.1) is 13.8 Å². The van der Waals surface area contributed by atoms with Gasteiger partial charge in [-0.2, -0.15) is 0 Å². The van der Waals surface area contributed by atoms with E-state index in [4.69, 9.17) is 11.6 Å². The van der Waals surface area contributed by atoms with Crippen molar-refractivity contribution < 1.29 is 4.79 Å². The van der Waals surface area contributed by atoms with Crippen LogP contribution in [0.1, 0.15) is 53.6 Å². The molecule has 1 heterocycles. The Morgan fingerprint density at radius 1 is 1.12 bits per heavy atom.